The Bertz CT molecular complexity index is 633. The average molecular weight is 350 g/mol. The summed E-state index contributed by atoms with van der Waals surface area (Å²) in [7, 11) is 0. The molecule has 0 unspecified atom stereocenters. The largest absolute Gasteiger partial charge is 0.488 e. The Morgan fingerprint density at radius 3 is 2.12 bits per heavy atom. The molecule has 132 valence electrons. The van der Waals surface area contributed by atoms with Crippen LogP contribution in [0.4, 0.5) is 0 Å². The molecule has 4 heteroatoms. The van der Waals surface area contributed by atoms with E-state index in [1.165, 1.54) is 0 Å². The van der Waals surface area contributed by atoms with Gasteiger partial charge in [0.25, 0.3) is 0 Å². The maximum absolute atomic E-state index is 9.52. The molecule has 3 nitrogen and oxygen atoms in total. The first-order valence-corrected chi connectivity index (χ1v) is 7.99. The van der Waals surface area contributed by atoms with Crippen LogP contribution in [0.5, 0.6) is 5.75 Å². The van der Waals surface area contributed by atoms with Crippen molar-refractivity contribution in [3.8, 4) is 5.75 Å². The van der Waals surface area contributed by atoms with Crippen molar-refractivity contribution in [2.24, 2.45) is 11.1 Å². The lowest BCUT2D eigenvalue weighted by molar-refractivity contribution is 0.132. The van der Waals surface area contributed by atoms with Crippen LogP contribution in [0.2, 0.25) is 0 Å². The molecule has 2 rings (SSSR count). The molecule has 0 saturated heterocycles. The zero-order valence-electron chi connectivity index (χ0n) is 14.9. The Kier molecular flexibility index (Phi) is 7.27. The number of aliphatic hydroxyl groups is 1. The second-order valence-corrected chi connectivity index (χ2v) is 6.88. The van der Waals surface area contributed by atoms with Crippen LogP contribution in [0.3, 0.4) is 0 Å². The van der Waals surface area contributed by atoms with E-state index >= 15 is 0 Å². The fourth-order valence-corrected chi connectivity index (χ4v) is 2.67. The molecule has 0 saturated carbocycles. The van der Waals surface area contributed by atoms with Gasteiger partial charge in [-0.05, 0) is 36.1 Å². The SMILES string of the molecule is Cc1cc([C@H](N)C(C)(C)CO)cc(C)c1OCc1ccccc1.Cl. The molecule has 0 aliphatic rings. The molecule has 0 aliphatic carbocycles. The van der Waals surface area contributed by atoms with E-state index in [2.05, 4.69) is 24.3 Å². The van der Waals surface area contributed by atoms with Crippen LogP contribution in [0.25, 0.3) is 0 Å². The summed E-state index contributed by atoms with van der Waals surface area (Å²) in [6.45, 7) is 8.63. The summed E-state index contributed by atoms with van der Waals surface area (Å²) < 4.78 is 6.01. The van der Waals surface area contributed by atoms with E-state index < -0.39 is 0 Å². The van der Waals surface area contributed by atoms with Gasteiger partial charge in [-0.2, -0.15) is 0 Å². The van der Waals surface area contributed by atoms with Gasteiger partial charge in [-0.3, -0.25) is 0 Å². The number of hydrogen-bond acceptors (Lipinski definition) is 3. The third-order valence-corrected chi connectivity index (χ3v) is 4.32. The summed E-state index contributed by atoms with van der Waals surface area (Å²) in [4.78, 5) is 0. The van der Waals surface area contributed by atoms with Crippen LogP contribution < -0.4 is 10.5 Å². The van der Waals surface area contributed by atoms with Gasteiger partial charge in [0.05, 0.1) is 0 Å². The highest BCUT2D eigenvalue weighted by Gasteiger charge is 2.27. The zero-order chi connectivity index (χ0) is 17.0. The second kappa shape index (κ2) is 8.52. The van der Waals surface area contributed by atoms with Gasteiger partial charge < -0.3 is 15.6 Å². The van der Waals surface area contributed by atoms with Gasteiger partial charge in [0, 0.05) is 18.1 Å². The van der Waals surface area contributed by atoms with Gasteiger partial charge in [0.1, 0.15) is 12.4 Å². The molecule has 0 amide bonds. The van der Waals surface area contributed by atoms with Crippen molar-refractivity contribution in [1.82, 2.24) is 0 Å². The normalized spacial score (nSPS) is 12.4. The molecule has 0 radical (unpaired) electrons. The predicted octanol–water partition coefficient (Wildman–Crippen LogP) is 4.32. The molecule has 1 atom stereocenters. The van der Waals surface area contributed by atoms with Crippen LogP contribution in [0.15, 0.2) is 42.5 Å². The highest BCUT2D eigenvalue weighted by atomic mass is 35.5. The Morgan fingerprint density at radius 1 is 1.08 bits per heavy atom. The Morgan fingerprint density at radius 2 is 1.62 bits per heavy atom. The van der Waals surface area contributed by atoms with E-state index in [1.807, 2.05) is 45.9 Å². The number of aliphatic hydroxyl groups excluding tert-OH is 1. The Hall–Kier alpha value is -1.55. The first-order valence-electron chi connectivity index (χ1n) is 7.99. The predicted molar refractivity (Wildman–Crippen MR) is 102 cm³/mol. The van der Waals surface area contributed by atoms with Gasteiger partial charge in [0.2, 0.25) is 0 Å². The van der Waals surface area contributed by atoms with Crippen molar-refractivity contribution in [3.05, 3.63) is 64.7 Å². The van der Waals surface area contributed by atoms with E-state index in [1.54, 1.807) is 0 Å². The van der Waals surface area contributed by atoms with Crippen LogP contribution in [-0.2, 0) is 6.61 Å². The van der Waals surface area contributed by atoms with Crippen LogP contribution in [0.1, 0.15) is 42.1 Å². The van der Waals surface area contributed by atoms with Gasteiger partial charge in [-0.15, -0.1) is 12.4 Å². The van der Waals surface area contributed by atoms with Crippen molar-refractivity contribution in [2.75, 3.05) is 6.61 Å². The number of rotatable bonds is 6. The van der Waals surface area contributed by atoms with E-state index in [4.69, 9.17) is 10.5 Å². The summed E-state index contributed by atoms with van der Waals surface area (Å²) in [6, 6.07) is 14.0. The van der Waals surface area contributed by atoms with Crippen molar-refractivity contribution in [2.45, 2.75) is 40.3 Å². The van der Waals surface area contributed by atoms with Crippen molar-refractivity contribution < 1.29 is 9.84 Å². The van der Waals surface area contributed by atoms with Crippen LogP contribution in [0, 0.1) is 19.3 Å². The fraction of sp³-hybridized carbons (Fsp3) is 0.400. The molecule has 0 bridgehead atoms. The van der Waals surface area contributed by atoms with Gasteiger partial charge in [0.15, 0.2) is 0 Å². The number of halogens is 1. The highest BCUT2D eigenvalue weighted by Crippen LogP contribution is 2.34. The van der Waals surface area contributed by atoms with E-state index in [9.17, 15) is 5.11 Å². The van der Waals surface area contributed by atoms with Gasteiger partial charge in [-0.25, -0.2) is 0 Å². The van der Waals surface area contributed by atoms with E-state index in [-0.39, 0.29) is 30.5 Å². The van der Waals surface area contributed by atoms with Crippen molar-refractivity contribution >= 4 is 12.4 Å². The second-order valence-electron chi connectivity index (χ2n) is 6.88. The topological polar surface area (TPSA) is 55.5 Å². The third kappa shape index (κ3) is 4.73. The number of aryl methyl sites for hydroxylation is 2. The smallest absolute Gasteiger partial charge is 0.125 e. The number of ether oxygens (including phenoxy) is 1. The lowest BCUT2D eigenvalue weighted by atomic mass is 9.81. The summed E-state index contributed by atoms with van der Waals surface area (Å²) in [6.07, 6.45) is 0. The van der Waals surface area contributed by atoms with Crippen molar-refractivity contribution in [3.63, 3.8) is 0 Å². The molecule has 0 aromatic heterocycles. The third-order valence-electron chi connectivity index (χ3n) is 4.32. The standard InChI is InChI=1S/C20H27NO2.ClH/c1-14-10-17(19(21)20(3,4)13-22)11-15(2)18(14)23-12-16-8-6-5-7-9-16;/h5-11,19,22H,12-13,21H2,1-4H3;1H/t19-;/m0./s1. The van der Waals surface area contributed by atoms with E-state index in [0.29, 0.717) is 6.61 Å². The lowest BCUT2D eigenvalue weighted by Crippen LogP contribution is -2.32. The summed E-state index contributed by atoms with van der Waals surface area (Å²) in [5, 5.41) is 9.52. The first-order chi connectivity index (χ1) is 10.8. The maximum Gasteiger partial charge on any atom is 0.125 e. The molecular formula is C20H28ClNO2. The molecule has 2 aromatic rings. The quantitative estimate of drug-likeness (QED) is 0.816. The summed E-state index contributed by atoms with van der Waals surface area (Å²) in [5.74, 6) is 0.909. The molecule has 0 spiro atoms. The minimum absolute atomic E-state index is 0. The minimum Gasteiger partial charge on any atom is -0.488 e. The molecule has 24 heavy (non-hydrogen) atoms. The van der Waals surface area contributed by atoms with Gasteiger partial charge >= 0.3 is 0 Å². The number of hydrogen-bond donors (Lipinski definition) is 2. The zero-order valence-corrected chi connectivity index (χ0v) is 15.7. The molecule has 0 heterocycles. The maximum atomic E-state index is 9.52. The fourth-order valence-electron chi connectivity index (χ4n) is 2.67. The van der Waals surface area contributed by atoms with E-state index in [0.717, 1.165) is 28.0 Å². The molecule has 0 aliphatic heterocycles. The lowest BCUT2D eigenvalue weighted by Gasteiger charge is -2.30. The number of benzene rings is 2. The minimum atomic E-state index is -0.356. The van der Waals surface area contributed by atoms with Crippen LogP contribution >= 0.6 is 12.4 Å². The summed E-state index contributed by atoms with van der Waals surface area (Å²) in [5.41, 5.74) is 10.3. The van der Waals surface area contributed by atoms with Crippen LogP contribution in [-0.4, -0.2) is 11.7 Å². The molecule has 2 aromatic carbocycles. The Labute approximate surface area is 151 Å². The summed E-state index contributed by atoms with van der Waals surface area (Å²) >= 11 is 0. The molecule has 0 fully saturated rings. The van der Waals surface area contributed by atoms with Gasteiger partial charge in [-0.1, -0.05) is 56.3 Å². The monoisotopic (exact) mass is 349 g/mol. The average Bonchev–Trinajstić information content (AvgIpc) is 2.54. The first kappa shape index (κ1) is 20.5. The molecular weight excluding hydrogens is 322 g/mol. The number of nitrogens with two attached hydrogens (primary N) is 1. The molecule has 3 N–H and O–H groups in total. The Balaban J connectivity index is 0.00000288. The highest BCUT2D eigenvalue weighted by molar-refractivity contribution is 5.85. The van der Waals surface area contributed by atoms with Crippen molar-refractivity contribution in [1.29, 1.82) is 0 Å².